The van der Waals surface area contributed by atoms with Gasteiger partial charge in [0.2, 0.25) is 5.84 Å². The molecule has 2 N–H and O–H groups in total. The molecule has 0 amide bonds. The summed E-state index contributed by atoms with van der Waals surface area (Å²) in [7, 11) is 0. The van der Waals surface area contributed by atoms with Gasteiger partial charge in [0, 0.05) is 31.7 Å². The number of carbonyl (C=O) groups is 1. The summed E-state index contributed by atoms with van der Waals surface area (Å²) in [5, 5.41) is 23.0. The second kappa shape index (κ2) is 7.38. The lowest BCUT2D eigenvalue weighted by atomic mass is 10.1. The second-order valence-electron chi connectivity index (χ2n) is 4.69. The maximum atomic E-state index is 12.1. The Hall–Kier alpha value is -2.43. The third kappa shape index (κ3) is 4.27. The van der Waals surface area contributed by atoms with E-state index < -0.39 is 0 Å². The first-order valence-electron chi connectivity index (χ1n) is 6.67. The Balaban J connectivity index is 1.84. The third-order valence-electron chi connectivity index (χ3n) is 3.26. The van der Waals surface area contributed by atoms with E-state index >= 15 is 0 Å². The molecule has 7 nitrogen and oxygen atoms in total. The van der Waals surface area contributed by atoms with Crippen molar-refractivity contribution in [2.45, 2.75) is 0 Å². The predicted octanol–water partition coefficient (Wildman–Crippen LogP) is 0.303. The highest BCUT2D eigenvalue weighted by Crippen LogP contribution is 2.06. The fraction of sp³-hybridized carbons (Fsp3) is 0.357. The first-order valence-corrected chi connectivity index (χ1v) is 6.67. The van der Waals surface area contributed by atoms with Gasteiger partial charge in [-0.1, -0.05) is 30.3 Å². The van der Waals surface area contributed by atoms with Crippen LogP contribution in [0.4, 0.5) is 0 Å². The minimum absolute atomic E-state index is 0.0993. The Morgan fingerprint density at radius 3 is 2.52 bits per heavy atom. The lowest BCUT2D eigenvalue weighted by molar-refractivity contribution is 0.0854. The second-order valence-corrected chi connectivity index (χ2v) is 4.69. The normalized spacial score (nSPS) is 16.4. The molecule has 21 heavy (non-hydrogen) atoms. The number of rotatable bonds is 4. The fourth-order valence-electron chi connectivity index (χ4n) is 2.12. The predicted molar refractivity (Wildman–Crippen MR) is 76.8 cm³/mol. The van der Waals surface area contributed by atoms with Gasteiger partial charge in [0.15, 0.2) is 5.78 Å². The number of amidine groups is 1. The molecule has 110 valence electrons. The van der Waals surface area contributed by atoms with E-state index in [0.717, 1.165) is 0 Å². The van der Waals surface area contributed by atoms with Gasteiger partial charge >= 0.3 is 0 Å². The van der Waals surface area contributed by atoms with E-state index in [4.69, 9.17) is 10.5 Å². The van der Waals surface area contributed by atoms with Crippen molar-refractivity contribution in [3.05, 3.63) is 35.9 Å². The number of ketones is 1. The number of nitriles is 1. The Morgan fingerprint density at radius 2 is 1.95 bits per heavy atom. The van der Waals surface area contributed by atoms with Crippen molar-refractivity contribution in [3.63, 3.8) is 0 Å². The van der Waals surface area contributed by atoms with Gasteiger partial charge in [-0.05, 0) is 0 Å². The fourth-order valence-corrected chi connectivity index (χ4v) is 2.12. The highest BCUT2D eigenvalue weighted by atomic mass is 16.5. The third-order valence-corrected chi connectivity index (χ3v) is 3.26. The monoisotopic (exact) mass is 287 g/mol. The number of carbonyl (C=O) groups excluding carboxylic acids is 1. The minimum Gasteiger partial charge on any atom is -0.293 e. The molecule has 1 heterocycles. The van der Waals surface area contributed by atoms with Crippen LogP contribution in [0.3, 0.4) is 0 Å². The van der Waals surface area contributed by atoms with Crippen LogP contribution >= 0.6 is 0 Å². The quantitative estimate of drug-likeness (QED) is 0.358. The molecular weight excluding hydrogens is 270 g/mol. The molecular formula is C14H17N5O2. The molecule has 0 radical (unpaired) electrons. The Morgan fingerprint density at radius 1 is 1.29 bits per heavy atom. The molecule has 1 fully saturated rings. The molecule has 2 rings (SSSR count). The number of Topliss-reactive ketones (excluding diaryl/α,β-unsaturated/α-hetero) is 1. The summed E-state index contributed by atoms with van der Waals surface area (Å²) in [6.45, 7) is 2.97. The molecule has 1 aliphatic rings. The van der Waals surface area contributed by atoms with Crippen molar-refractivity contribution in [1.82, 2.24) is 15.4 Å². The van der Waals surface area contributed by atoms with Crippen LogP contribution in [0, 0.1) is 11.3 Å². The molecule has 1 aromatic carbocycles. The number of benzene rings is 1. The average Bonchev–Trinajstić information content (AvgIpc) is 2.55. The van der Waals surface area contributed by atoms with Crippen LogP contribution in [0.1, 0.15) is 10.4 Å². The Kier molecular flexibility index (Phi) is 5.26. The summed E-state index contributed by atoms with van der Waals surface area (Å²) in [6, 6.07) is 11.0. The van der Waals surface area contributed by atoms with Crippen LogP contribution in [0.5, 0.6) is 0 Å². The summed E-state index contributed by atoms with van der Waals surface area (Å²) in [6.07, 6.45) is 0. The van der Waals surface area contributed by atoms with Crippen molar-refractivity contribution in [3.8, 4) is 6.07 Å². The summed E-state index contributed by atoms with van der Waals surface area (Å²) in [5.74, 6) is -0.0360. The van der Waals surface area contributed by atoms with Gasteiger partial charge in [0.25, 0.3) is 0 Å². The van der Waals surface area contributed by atoms with Crippen molar-refractivity contribution < 1.29 is 10.0 Å². The zero-order valence-electron chi connectivity index (χ0n) is 11.6. The molecule has 0 aliphatic carbocycles. The van der Waals surface area contributed by atoms with Crippen LogP contribution in [0.2, 0.25) is 0 Å². The summed E-state index contributed by atoms with van der Waals surface area (Å²) in [5.41, 5.74) is 2.46. The van der Waals surface area contributed by atoms with Crippen molar-refractivity contribution in [1.29, 1.82) is 5.26 Å². The van der Waals surface area contributed by atoms with Crippen LogP contribution in [-0.4, -0.2) is 59.5 Å². The Labute approximate surface area is 123 Å². The highest BCUT2D eigenvalue weighted by Gasteiger charge is 2.19. The number of hydrogen-bond acceptors (Lipinski definition) is 6. The van der Waals surface area contributed by atoms with E-state index in [-0.39, 0.29) is 11.6 Å². The van der Waals surface area contributed by atoms with E-state index in [9.17, 15) is 4.79 Å². The van der Waals surface area contributed by atoms with Crippen LogP contribution in [-0.2, 0) is 0 Å². The topological polar surface area (TPSA) is 92.0 Å². The van der Waals surface area contributed by atoms with Crippen LogP contribution in [0.15, 0.2) is 35.4 Å². The molecule has 7 heteroatoms. The van der Waals surface area contributed by atoms with Gasteiger partial charge in [-0.25, -0.2) is 5.48 Å². The molecule has 0 unspecified atom stereocenters. The smallest absolute Gasteiger partial charge is 0.247 e. The molecule has 0 saturated carbocycles. The number of hydroxylamine groups is 1. The molecule has 0 bridgehead atoms. The molecule has 1 saturated heterocycles. The summed E-state index contributed by atoms with van der Waals surface area (Å²) >= 11 is 0. The highest BCUT2D eigenvalue weighted by molar-refractivity contribution is 5.97. The first-order chi connectivity index (χ1) is 10.2. The average molecular weight is 287 g/mol. The van der Waals surface area contributed by atoms with Gasteiger partial charge in [0.05, 0.1) is 6.54 Å². The van der Waals surface area contributed by atoms with Gasteiger partial charge in [-0.2, -0.15) is 5.26 Å². The lowest BCUT2D eigenvalue weighted by Gasteiger charge is -2.32. The van der Waals surface area contributed by atoms with E-state index in [1.807, 2.05) is 30.3 Å². The molecule has 0 spiro atoms. The molecule has 1 aliphatic heterocycles. The minimum atomic E-state index is -0.135. The zero-order chi connectivity index (χ0) is 15.1. The number of nitrogens with zero attached hydrogens (tertiary/aromatic N) is 4. The van der Waals surface area contributed by atoms with Gasteiger partial charge < -0.3 is 0 Å². The summed E-state index contributed by atoms with van der Waals surface area (Å²) in [4.78, 5) is 14.2. The number of nitrogens with one attached hydrogen (secondary N) is 1. The van der Waals surface area contributed by atoms with Crippen molar-refractivity contribution in [2.75, 3.05) is 32.7 Å². The largest absolute Gasteiger partial charge is 0.293 e. The van der Waals surface area contributed by atoms with Crippen molar-refractivity contribution >= 4 is 11.6 Å². The maximum absolute atomic E-state index is 12.1. The lowest BCUT2D eigenvalue weighted by Crippen LogP contribution is -2.46. The van der Waals surface area contributed by atoms with Gasteiger partial charge in [0.1, 0.15) is 6.07 Å². The van der Waals surface area contributed by atoms with Gasteiger partial charge in [-0.3, -0.25) is 19.9 Å². The number of piperazine rings is 1. The molecule has 0 aromatic heterocycles. The number of hydrazone groups is 1. The Bertz CT molecular complexity index is 544. The zero-order valence-corrected chi connectivity index (χ0v) is 11.6. The van der Waals surface area contributed by atoms with E-state index in [1.165, 1.54) is 0 Å². The van der Waals surface area contributed by atoms with E-state index in [0.29, 0.717) is 38.3 Å². The SMILES string of the molecule is N#CC(=NN1CCN(CC(=O)c2ccccc2)CC1)NO. The van der Waals surface area contributed by atoms with E-state index in [1.54, 1.807) is 16.6 Å². The number of hydrogen-bond donors (Lipinski definition) is 2. The first kappa shape index (κ1) is 15.0. The standard InChI is InChI=1S/C14H17N5O2/c15-10-14(17-21)16-19-8-6-18(7-9-19)11-13(20)12-4-2-1-3-5-12/h1-5,21H,6-9,11H2,(H,16,17). The maximum Gasteiger partial charge on any atom is 0.247 e. The molecule has 1 aromatic rings. The van der Waals surface area contributed by atoms with Crippen LogP contribution in [0.25, 0.3) is 0 Å². The van der Waals surface area contributed by atoms with Gasteiger partial charge in [-0.15, -0.1) is 5.10 Å². The van der Waals surface area contributed by atoms with Crippen molar-refractivity contribution in [2.24, 2.45) is 5.10 Å². The summed E-state index contributed by atoms with van der Waals surface area (Å²) < 4.78 is 0. The van der Waals surface area contributed by atoms with E-state index in [2.05, 4.69) is 10.0 Å². The van der Waals surface area contributed by atoms with Crippen LogP contribution < -0.4 is 5.48 Å². The molecule has 0 atom stereocenters.